The minimum absolute atomic E-state index is 0.194. The third kappa shape index (κ3) is 5.68. The van der Waals surface area contributed by atoms with E-state index < -0.39 is 0 Å². The molecular weight excluding hydrogens is 405 g/mol. The molecule has 172 valence electrons. The SMILES string of the molecule is CCNC(=NCc1ccc(N2CCN(C)CC2)nc1)N1CCN(c2ccc(F)cc2)CC1. The Hall–Kier alpha value is -2.87. The van der Waals surface area contributed by atoms with Crippen LogP contribution in [0.4, 0.5) is 15.9 Å². The number of anilines is 2. The van der Waals surface area contributed by atoms with E-state index in [0.29, 0.717) is 6.54 Å². The third-order valence-corrected chi connectivity index (χ3v) is 6.15. The first-order valence-corrected chi connectivity index (χ1v) is 11.5. The second kappa shape index (κ2) is 10.6. The van der Waals surface area contributed by atoms with Crippen LogP contribution in [0.15, 0.2) is 47.6 Å². The van der Waals surface area contributed by atoms with Crippen molar-refractivity contribution < 1.29 is 4.39 Å². The maximum atomic E-state index is 13.2. The number of guanidine groups is 1. The molecule has 1 aromatic heterocycles. The summed E-state index contributed by atoms with van der Waals surface area (Å²) in [6.45, 7) is 11.3. The molecule has 0 aliphatic carbocycles. The van der Waals surface area contributed by atoms with Crippen LogP contribution in [0.3, 0.4) is 0 Å². The lowest BCUT2D eigenvalue weighted by Gasteiger charge is -2.37. The molecule has 4 rings (SSSR count). The van der Waals surface area contributed by atoms with E-state index in [4.69, 9.17) is 4.99 Å². The van der Waals surface area contributed by atoms with E-state index >= 15 is 0 Å². The number of pyridine rings is 1. The number of nitrogens with one attached hydrogen (secondary N) is 1. The summed E-state index contributed by atoms with van der Waals surface area (Å²) in [7, 11) is 2.16. The van der Waals surface area contributed by atoms with Crippen molar-refractivity contribution in [1.82, 2.24) is 20.1 Å². The van der Waals surface area contributed by atoms with Gasteiger partial charge in [-0.25, -0.2) is 14.4 Å². The number of halogens is 1. The molecule has 0 radical (unpaired) electrons. The third-order valence-electron chi connectivity index (χ3n) is 6.15. The van der Waals surface area contributed by atoms with E-state index in [2.05, 4.69) is 56.0 Å². The molecule has 3 heterocycles. The van der Waals surface area contributed by atoms with Gasteiger partial charge < -0.3 is 24.9 Å². The van der Waals surface area contributed by atoms with Gasteiger partial charge in [0.2, 0.25) is 0 Å². The van der Waals surface area contributed by atoms with Crippen LogP contribution < -0.4 is 15.1 Å². The Kier molecular flexibility index (Phi) is 7.42. The number of piperazine rings is 2. The molecule has 0 bridgehead atoms. The van der Waals surface area contributed by atoms with Gasteiger partial charge in [-0.15, -0.1) is 0 Å². The summed E-state index contributed by atoms with van der Waals surface area (Å²) < 4.78 is 13.2. The van der Waals surface area contributed by atoms with Crippen molar-refractivity contribution >= 4 is 17.5 Å². The number of aromatic nitrogens is 1. The van der Waals surface area contributed by atoms with E-state index in [9.17, 15) is 4.39 Å². The van der Waals surface area contributed by atoms with Gasteiger partial charge in [0, 0.05) is 70.8 Å². The van der Waals surface area contributed by atoms with Gasteiger partial charge in [0.1, 0.15) is 11.6 Å². The number of hydrogen-bond donors (Lipinski definition) is 1. The number of hydrogen-bond acceptors (Lipinski definition) is 5. The summed E-state index contributed by atoms with van der Waals surface area (Å²) >= 11 is 0. The lowest BCUT2D eigenvalue weighted by atomic mass is 10.2. The van der Waals surface area contributed by atoms with Crippen molar-refractivity contribution in [2.75, 3.05) is 75.8 Å². The zero-order chi connectivity index (χ0) is 22.3. The molecule has 0 amide bonds. The van der Waals surface area contributed by atoms with Crippen LogP contribution in [0.5, 0.6) is 0 Å². The molecule has 0 atom stereocenters. The summed E-state index contributed by atoms with van der Waals surface area (Å²) in [5, 5.41) is 3.43. The fourth-order valence-electron chi connectivity index (χ4n) is 4.15. The van der Waals surface area contributed by atoms with Gasteiger partial charge in [-0.05, 0) is 49.9 Å². The predicted octanol–water partition coefficient (Wildman–Crippen LogP) is 2.26. The fraction of sp³-hybridized carbons (Fsp3) is 0.500. The number of rotatable bonds is 5. The molecule has 2 saturated heterocycles. The topological polar surface area (TPSA) is 50.2 Å². The molecule has 8 heteroatoms. The first-order chi connectivity index (χ1) is 15.6. The van der Waals surface area contributed by atoms with Crippen molar-refractivity contribution in [3.8, 4) is 0 Å². The smallest absolute Gasteiger partial charge is 0.194 e. The van der Waals surface area contributed by atoms with Crippen molar-refractivity contribution in [3.05, 3.63) is 54.0 Å². The Balaban J connectivity index is 1.33. The van der Waals surface area contributed by atoms with Crippen LogP contribution in [0.2, 0.25) is 0 Å². The average Bonchev–Trinajstić information content (AvgIpc) is 2.83. The minimum Gasteiger partial charge on any atom is -0.368 e. The number of nitrogens with zero attached hydrogens (tertiary/aromatic N) is 6. The molecule has 2 aromatic rings. The molecule has 2 aliphatic rings. The summed E-state index contributed by atoms with van der Waals surface area (Å²) in [5.74, 6) is 1.80. The van der Waals surface area contributed by atoms with Crippen LogP contribution in [0.1, 0.15) is 12.5 Å². The molecule has 7 nitrogen and oxygen atoms in total. The Morgan fingerprint density at radius 3 is 2.25 bits per heavy atom. The van der Waals surface area contributed by atoms with Crippen molar-refractivity contribution in [1.29, 1.82) is 0 Å². The molecular formula is C24H34FN7. The Morgan fingerprint density at radius 2 is 1.62 bits per heavy atom. The van der Waals surface area contributed by atoms with Crippen LogP contribution in [0, 0.1) is 5.82 Å². The zero-order valence-corrected chi connectivity index (χ0v) is 19.2. The molecule has 2 aliphatic heterocycles. The Morgan fingerprint density at radius 1 is 0.938 bits per heavy atom. The Labute approximate surface area is 190 Å². The lowest BCUT2D eigenvalue weighted by Crippen LogP contribution is -2.52. The number of likely N-dealkylation sites (N-methyl/N-ethyl adjacent to an activating group) is 1. The molecule has 0 saturated carbocycles. The van der Waals surface area contributed by atoms with Gasteiger partial charge in [0.05, 0.1) is 6.54 Å². The van der Waals surface area contributed by atoms with E-state index in [1.54, 1.807) is 0 Å². The molecule has 32 heavy (non-hydrogen) atoms. The first-order valence-electron chi connectivity index (χ1n) is 11.5. The largest absolute Gasteiger partial charge is 0.368 e. The molecule has 1 N–H and O–H groups in total. The highest BCUT2D eigenvalue weighted by Crippen LogP contribution is 2.17. The summed E-state index contributed by atoms with van der Waals surface area (Å²) in [4.78, 5) is 18.8. The molecule has 1 aromatic carbocycles. The normalized spacial score (nSPS) is 18.2. The van der Waals surface area contributed by atoms with Gasteiger partial charge in [-0.1, -0.05) is 6.07 Å². The quantitative estimate of drug-likeness (QED) is 0.570. The maximum absolute atomic E-state index is 13.2. The van der Waals surface area contributed by atoms with E-state index in [-0.39, 0.29) is 5.82 Å². The monoisotopic (exact) mass is 439 g/mol. The number of benzene rings is 1. The van der Waals surface area contributed by atoms with Crippen LogP contribution >= 0.6 is 0 Å². The predicted molar refractivity (Wildman–Crippen MR) is 129 cm³/mol. The van der Waals surface area contributed by atoms with Gasteiger partial charge in [0.25, 0.3) is 0 Å². The van der Waals surface area contributed by atoms with Gasteiger partial charge in [-0.2, -0.15) is 0 Å². The van der Waals surface area contributed by atoms with E-state index in [1.165, 1.54) is 12.1 Å². The highest BCUT2D eigenvalue weighted by atomic mass is 19.1. The highest BCUT2D eigenvalue weighted by molar-refractivity contribution is 5.80. The summed E-state index contributed by atoms with van der Waals surface area (Å²) in [6.07, 6.45) is 1.95. The first kappa shape index (κ1) is 22.3. The van der Waals surface area contributed by atoms with Crippen molar-refractivity contribution in [2.45, 2.75) is 13.5 Å². The summed E-state index contributed by atoms with van der Waals surface area (Å²) in [6, 6.07) is 11.0. The maximum Gasteiger partial charge on any atom is 0.194 e. The van der Waals surface area contributed by atoms with Crippen molar-refractivity contribution in [2.24, 2.45) is 4.99 Å². The summed E-state index contributed by atoms with van der Waals surface area (Å²) in [5.41, 5.74) is 2.18. The minimum atomic E-state index is -0.194. The van der Waals surface area contributed by atoms with Gasteiger partial charge in [0.15, 0.2) is 5.96 Å². The van der Waals surface area contributed by atoms with Crippen LogP contribution in [-0.2, 0) is 6.54 Å². The molecule has 0 unspecified atom stereocenters. The second-order valence-corrected chi connectivity index (χ2v) is 8.44. The number of aliphatic imine (C=N–C) groups is 1. The fourth-order valence-corrected chi connectivity index (χ4v) is 4.15. The molecule has 2 fully saturated rings. The standard InChI is InChI=1S/C24H34FN7/c1-3-26-24(32-16-14-30(15-17-32)22-7-5-21(25)6-8-22)28-19-20-4-9-23(27-18-20)31-12-10-29(2)11-13-31/h4-9,18H,3,10-17,19H2,1-2H3,(H,26,28). The van der Waals surface area contributed by atoms with Crippen LogP contribution in [0.25, 0.3) is 0 Å². The lowest BCUT2D eigenvalue weighted by molar-refractivity contribution is 0.312. The second-order valence-electron chi connectivity index (χ2n) is 8.44. The van der Waals surface area contributed by atoms with Gasteiger partial charge in [-0.3, -0.25) is 0 Å². The van der Waals surface area contributed by atoms with Crippen molar-refractivity contribution in [3.63, 3.8) is 0 Å². The molecule has 0 spiro atoms. The van der Waals surface area contributed by atoms with Gasteiger partial charge >= 0.3 is 0 Å². The van der Waals surface area contributed by atoms with E-state index in [1.807, 2.05) is 18.3 Å². The Bertz CT molecular complexity index is 868. The zero-order valence-electron chi connectivity index (χ0n) is 19.2. The average molecular weight is 440 g/mol. The highest BCUT2D eigenvalue weighted by Gasteiger charge is 2.20. The van der Waals surface area contributed by atoms with E-state index in [0.717, 1.165) is 81.9 Å². The van der Waals surface area contributed by atoms with Crippen LogP contribution in [-0.4, -0.2) is 86.7 Å².